The van der Waals surface area contributed by atoms with Crippen molar-refractivity contribution in [3.8, 4) is 0 Å². The van der Waals surface area contributed by atoms with Crippen molar-refractivity contribution in [2.75, 3.05) is 20.1 Å². The van der Waals surface area contributed by atoms with E-state index in [4.69, 9.17) is 0 Å². The Morgan fingerprint density at radius 3 is 1.54 bits per heavy atom. The van der Waals surface area contributed by atoms with E-state index in [1.165, 1.54) is 21.6 Å². The lowest BCUT2D eigenvalue weighted by molar-refractivity contribution is -0.820. The number of halogens is 1. The van der Waals surface area contributed by atoms with E-state index in [0.29, 0.717) is 35.1 Å². The van der Waals surface area contributed by atoms with Crippen LogP contribution in [0.3, 0.4) is 0 Å². The molecular formula is C35H34BrN3O2+2. The van der Waals surface area contributed by atoms with Gasteiger partial charge in [-0.05, 0) is 12.1 Å². The molecule has 2 heterocycles. The smallest absolute Gasteiger partial charge is 0.274 e. The minimum atomic E-state index is -0.539. The van der Waals surface area contributed by atoms with E-state index in [1.807, 2.05) is 0 Å². The highest BCUT2D eigenvalue weighted by molar-refractivity contribution is 8.93. The Morgan fingerprint density at radius 2 is 1.10 bits per heavy atom. The largest absolute Gasteiger partial charge is 0.338 e. The molecule has 0 radical (unpaired) electrons. The van der Waals surface area contributed by atoms with Gasteiger partial charge in [-0.15, -0.1) is 17.0 Å². The van der Waals surface area contributed by atoms with E-state index < -0.39 is 5.54 Å². The van der Waals surface area contributed by atoms with Gasteiger partial charge in [-0.2, -0.15) is 9.06 Å². The third kappa shape index (κ3) is 4.67. The lowest BCUT2D eigenvalue weighted by atomic mass is 9.74. The van der Waals surface area contributed by atoms with Crippen molar-refractivity contribution >= 4 is 35.1 Å². The Bertz CT molecular complexity index is 1500. The summed E-state index contributed by atoms with van der Waals surface area (Å²) >= 11 is 0. The van der Waals surface area contributed by atoms with Crippen LogP contribution in [-0.4, -0.2) is 52.2 Å². The van der Waals surface area contributed by atoms with Crippen molar-refractivity contribution in [1.82, 2.24) is 4.90 Å². The van der Waals surface area contributed by atoms with E-state index in [0.717, 1.165) is 5.70 Å². The number of benzene rings is 4. The second-order valence-corrected chi connectivity index (χ2v) is 10.7. The predicted molar refractivity (Wildman–Crippen MR) is 167 cm³/mol. The van der Waals surface area contributed by atoms with Gasteiger partial charge in [-0.1, -0.05) is 103 Å². The average molecular weight is 609 g/mol. The van der Waals surface area contributed by atoms with Crippen molar-refractivity contribution < 1.29 is 18.6 Å². The standard InChI is InChI=1S/C35H33N3O2.BrH/c1-27-25-38(2,26-36(27)23-14-24-37-33(39)31-21-12-13-22-32(31)34(37)40)35(28-15-6-3-7-16-28,29-17-8-4-9-18-29)30-19-10-5-11-20-30;/h3-13,15-22,25-26H,14,23-24H2,1-2H3;1H/q+2;. The van der Waals surface area contributed by atoms with Gasteiger partial charge in [0.15, 0.2) is 18.3 Å². The Hall–Kier alpha value is -4.13. The Kier molecular flexibility index (Phi) is 7.89. The average Bonchev–Trinajstić information content (AvgIpc) is 3.42. The molecule has 0 spiro atoms. The third-order valence-corrected chi connectivity index (χ3v) is 8.24. The zero-order valence-corrected chi connectivity index (χ0v) is 25.0. The molecule has 0 fully saturated rings. The van der Waals surface area contributed by atoms with E-state index in [9.17, 15) is 9.59 Å². The first kappa shape index (κ1) is 28.4. The predicted octanol–water partition coefficient (Wildman–Crippen LogP) is 6.61. The highest BCUT2D eigenvalue weighted by atomic mass is 79.9. The van der Waals surface area contributed by atoms with E-state index in [2.05, 4.69) is 122 Å². The van der Waals surface area contributed by atoms with Crippen molar-refractivity contribution in [2.45, 2.75) is 18.9 Å². The molecule has 1 unspecified atom stereocenters. The maximum absolute atomic E-state index is 12.9. The van der Waals surface area contributed by atoms with Crippen molar-refractivity contribution in [1.29, 1.82) is 0 Å². The van der Waals surface area contributed by atoms with Gasteiger partial charge >= 0.3 is 6.34 Å². The summed E-state index contributed by atoms with van der Waals surface area (Å²) in [4.78, 5) is 27.1. The Morgan fingerprint density at radius 1 is 0.683 bits per heavy atom. The van der Waals surface area contributed by atoms with Crippen LogP contribution in [0, 0.1) is 0 Å². The monoisotopic (exact) mass is 607 g/mol. The van der Waals surface area contributed by atoms with Gasteiger partial charge in [0, 0.05) is 36.6 Å². The summed E-state index contributed by atoms with van der Waals surface area (Å²) in [5, 5.41) is 0. The Balaban J connectivity index is 0.00000337. The van der Waals surface area contributed by atoms with Crippen LogP contribution in [0.15, 0.2) is 127 Å². The number of rotatable bonds is 8. The lowest BCUT2D eigenvalue weighted by Gasteiger charge is -2.43. The Labute approximate surface area is 252 Å². The van der Waals surface area contributed by atoms with Gasteiger partial charge in [-0.25, -0.2) is 0 Å². The number of amides is 2. The fraction of sp³-hybridized carbons (Fsp3) is 0.171. The summed E-state index contributed by atoms with van der Waals surface area (Å²) in [7, 11) is 2.25. The third-order valence-electron chi connectivity index (χ3n) is 8.24. The summed E-state index contributed by atoms with van der Waals surface area (Å²) in [6.45, 7) is 3.21. The summed E-state index contributed by atoms with van der Waals surface area (Å²) in [6, 6.07) is 39.2. The molecule has 2 aliphatic rings. The topological polar surface area (TPSA) is 40.4 Å². The van der Waals surface area contributed by atoms with Gasteiger partial charge in [0.1, 0.15) is 0 Å². The van der Waals surface area contributed by atoms with Crippen LogP contribution in [0.25, 0.3) is 0 Å². The lowest BCUT2D eigenvalue weighted by Crippen LogP contribution is -2.56. The number of allylic oxidation sites excluding steroid dienone is 1. The number of fused-ring (bicyclic) bond motifs is 1. The van der Waals surface area contributed by atoms with E-state index in [-0.39, 0.29) is 28.8 Å². The van der Waals surface area contributed by atoms with Gasteiger partial charge in [-0.3, -0.25) is 14.5 Å². The fourth-order valence-electron chi connectivity index (χ4n) is 6.51. The summed E-state index contributed by atoms with van der Waals surface area (Å²) in [5.41, 5.74) is 5.19. The van der Waals surface area contributed by atoms with Crippen molar-refractivity contribution in [2.24, 2.45) is 0 Å². The molecule has 6 heteroatoms. The first-order chi connectivity index (χ1) is 19.5. The minimum absolute atomic E-state index is 0. The number of hydrogen-bond acceptors (Lipinski definition) is 2. The molecule has 0 aromatic heterocycles. The number of imide groups is 1. The van der Waals surface area contributed by atoms with Crippen LogP contribution in [0.4, 0.5) is 0 Å². The quantitative estimate of drug-likeness (QED) is 0.0979. The molecule has 206 valence electrons. The summed E-state index contributed by atoms with van der Waals surface area (Å²) in [6.07, 6.45) is 5.27. The molecule has 1 atom stereocenters. The van der Waals surface area contributed by atoms with Crippen LogP contribution in [0.5, 0.6) is 0 Å². The van der Waals surface area contributed by atoms with Gasteiger partial charge in [0.25, 0.3) is 11.8 Å². The summed E-state index contributed by atoms with van der Waals surface area (Å²) < 4.78 is 2.77. The number of hydrogen-bond donors (Lipinski definition) is 0. The van der Waals surface area contributed by atoms with Gasteiger partial charge in [0.05, 0.1) is 18.2 Å². The molecule has 0 saturated carbocycles. The molecule has 6 rings (SSSR count). The first-order valence-electron chi connectivity index (χ1n) is 13.8. The molecule has 4 aromatic carbocycles. The molecular weight excluding hydrogens is 574 g/mol. The SMILES string of the molecule is Br.CC1=C[N+](C)(C(c2ccccc2)(c2ccccc2)c2ccccc2)C=[N+]1CCCN1C(=O)c2ccccc2C1=O. The molecule has 0 saturated heterocycles. The molecule has 4 aromatic rings. The van der Waals surface area contributed by atoms with E-state index in [1.54, 1.807) is 24.3 Å². The maximum Gasteiger partial charge on any atom is 0.338 e. The number of nitrogens with zero attached hydrogens (tertiary/aromatic N) is 3. The molecule has 0 aliphatic carbocycles. The highest BCUT2D eigenvalue weighted by Gasteiger charge is 2.56. The van der Waals surface area contributed by atoms with E-state index >= 15 is 0 Å². The molecule has 0 N–H and O–H groups in total. The number of carbonyl (C=O) groups is 2. The van der Waals surface area contributed by atoms with Crippen LogP contribution >= 0.6 is 17.0 Å². The van der Waals surface area contributed by atoms with Gasteiger partial charge < -0.3 is 0 Å². The number of carbonyl (C=O) groups excluding carboxylic acids is 2. The second kappa shape index (κ2) is 11.4. The van der Waals surface area contributed by atoms with Crippen LogP contribution in [-0.2, 0) is 5.54 Å². The van der Waals surface area contributed by atoms with Crippen molar-refractivity contribution in [3.63, 3.8) is 0 Å². The highest BCUT2D eigenvalue weighted by Crippen LogP contribution is 2.47. The minimum Gasteiger partial charge on any atom is -0.274 e. The maximum atomic E-state index is 12.9. The van der Waals surface area contributed by atoms with Gasteiger partial charge in [0.2, 0.25) is 5.70 Å². The summed E-state index contributed by atoms with van der Waals surface area (Å²) in [5.74, 6) is -0.398. The zero-order valence-electron chi connectivity index (χ0n) is 23.3. The van der Waals surface area contributed by atoms with Crippen LogP contribution in [0.1, 0.15) is 50.8 Å². The molecule has 2 aliphatic heterocycles. The molecule has 0 bridgehead atoms. The number of quaternary nitrogens is 1. The first-order valence-corrected chi connectivity index (χ1v) is 13.8. The van der Waals surface area contributed by atoms with Crippen LogP contribution < -0.4 is 0 Å². The van der Waals surface area contributed by atoms with Crippen molar-refractivity contribution in [3.05, 3.63) is 155 Å². The zero-order chi connectivity index (χ0) is 27.7. The normalized spacial score (nSPS) is 18.0. The second-order valence-electron chi connectivity index (χ2n) is 10.7. The molecule has 41 heavy (non-hydrogen) atoms. The molecule has 5 nitrogen and oxygen atoms in total. The van der Waals surface area contributed by atoms with Crippen LogP contribution in [0.2, 0.25) is 0 Å². The molecule has 2 amide bonds. The fourth-order valence-corrected chi connectivity index (χ4v) is 6.51.